The third kappa shape index (κ3) is 3.77. The first-order valence-electron chi connectivity index (χ1n) is 16.0. The van der Waals surface area contributed by atoms with Crippen molar-refractivity contribution in [1.29, 1.82) is 0 Å². The van der Waals surface area contributed by atoms with E-state index in [-0.39, 0.29) is 0 Å². The van der Waals surface area contributed by atoms with Gasteiger partial charge in [-0.2, -0.15) is 0 Å². The molecule has 0 N–H and O–H groups in total. The van der Waals surface area contributed by atoms with E-state index in [0.717, 1.165) is 45.2 Å². The molecule has 11 rings (SSSR count). The number of aromatic nitrogens is 1. The molecule has 5 heteroatoms. The predicted molar refractivity (Wildman–Crippen MR) is 204 cm³/mol. The van der Waals surface area contributed by atoms with Crippen molar-refractivity contribution in [3.63, 3.8) is 0 Å². The number of benzene rings is 7. The average molecular weight is 649 g/mol. The van der Waals surface area contributed by atoms with Crippen LogP contribution in [0.4, 0.5) is 17.1 Å². The van der Waals surface area contributed by atoms with Crippen molar-refractivity contribution in [3.8, 4) is 34.0 Å². The van der Waals surface area contributed by atoms with Gasteiger partial charge in [-0.15, -0.1) is 22.7 Å². The van der Waals surface area contributed by atoms with Crippen molar-refractivity contribution in [2.75, 3.05) is 4.90 Å². The fourth-order valence-corrected chi connectivity index (χ4v) is 9.75. The van der Waals surface area contributed by atoms with Crippen LogP contribution in [-0.2, 0) is 0 Å². The first-order chi connectivity index (χ1) is 23.8. The molecule has 3 aromatic heterocycles. The van der Waals surface area contributed by atoms with Gasteiger partial charge in [0, 0.05) is 79.5 Å². The van der Waals surface area contributed by atoms with Crippen molar-refractivity contribution in [2.24, 2.45) is 0 Å². The van der Waals surface area contributed by atoms with Crippen molar-refractivity contribution in [2.45, 2.75) is 0 Å². The number of fused-ring (bicyclic) bond motifs is 9. The molecular weight excluding hydrogens is 625 g/mol. The summed E-state index contributed by atoms with van der Waals surface area (Å²) in [7, 11) is 0. The van der Waals surface area contributed by atoms with Crippen molar-refractivity contribution in [3.05, 3.63) is 146 Å². The highest BCUT2D eigenvalue weighted by molar-refractivity contribution is 7.26. The minimum Gasteiger partial charge on any atom is -0.435 e. The van der Waals surface area contributed by atoms with Gasteiger partial charge in [0.05, 0.1) is 0 Å². The van der Waals surface area contributed by atoms with E-state index in [1.807, 2.05) is 22.7 Å². The van der Waals surface area contributed by atoms with Crippen LogP contribution in [0.1, 0.15) is 0 Å². The van der Waals surface area contributed by atoms with E-state index in [9.17, 15) is 0 Å². The summed E-state index contributed by atoms with van der Waals surface area (Å²) in [6.45, 7) is 0. The van der Waals surface area contributed by atoms with Crippen molar-refractivity contribution >= 4 is 90.9 Å². The summed E-state index contributed by atoms with van der Waals surface area (Å²) in [6.07, 6.45) is 0. The molecule has 7 aromatic carbocycles. The molecule has 0 atom stereocenters. The fraction of sp³-hybridized carbons (Fsp3) is 0. The lowest BCUT2D eigenvalue weighted by Crippen LogP contribution is -2.09. The number of anilines is 3. The highest BCUT2D eigenvalue weighted by Crippen LogP contribution is 2.49. The largest absolute Gasteiger partial charge is 0.435 e. The molecule has 3 heterocycles. The Hall–Kier alpha value is -5.75. The molecular formula is C43H24N2OS2. The number of hydrogen-bond acceptors (Lipinski definition) is 5. The maximum Gasteiger partial charge on any atom is 0.227 e. The second kappa shape index (κ2) is 9.88. The van der Waals surface area contributed by atoms with Gasteiger partial charge in [-0.3, -0.25) is 0 Å². The predicted octanol–water partition coefficient (Wildman–Crippen LogP) is 13.3. The molecule has 10 aromatic rings. The van der Waals surface area contributed by atoms with Crippen molar-refractivity contribution in [1.82, 2.24) is 4.98 Å². The highest BCUT2D eigenvalue weighted by Gasteiger charge is 2.28. The minimum absolute atomic E-state index is 0.633. The normalized spacial score (nSPS) is 12.2. The van der Waals surface area contributed by atoms with Gasteiger partial charge in [0.15, 0.2) is 5.76 Å². The van der Waals surface area contributed by atoms with Crippen LogP contribution in [0.15, 0.2) is 150 Å². The minimum atomic E-state index is 0.633. The highest BCUT2D eigenvalue weighted by atomic mass is 32.1. The Bertz CT molecular complexity index is 2760. The number of hydrogen-bond donors (Lipinski definition) is 0. The number of thiophene rings is 2. The van der Waals surface area contributed by atoms with Crippen LogP contribution >= 0.6 is 22.7 Å². The Kier molecular flexibility index (Phi) is 5.42. The number of oxazole rings is 1. The third-order valence-corrected chi connectivity index (χ3v) is 11.9. The molecule has 0 saturated carbocycles. The van der Waals surface area contributed by atoms with Crippen LogP contribution in [0.5, 0.6) is 0 Å². The first kappa shape index (κ1) is 26.3. The zero-order valence-corrected chi connectivity index (χ0v) is 27.1. The van der Waals surface area contributed by atoms with E-state index in [4.69, 9.17) is 9.40 Å². The Morgan fingerprint density at radius 2 is 1.06 bits per heavy atom. The summed E-state index contributed by atoms with van der Waals surface area (Å²) in [5.41, 5.74) is 7.40. The molecule has 0 fully saturated rings. The van der Waals surface area contributed by atoms with E-state index in [2.05, 4.69) is 150 Å². The summed E-state index contributed by atoms with van der Waals surface area (Å²) in [5.74, 6) is 1.48. The molecule has 0 spiro atoms. The van der Waals surface area contributed by atoms with Crippen molar-refractivity contribution < 1.29 is 4.42 Å². The lowest BCUT2D eigenvalue weighted by atomic mass is 10.0. The van der Waals surface area contributed by atoms with Crippen LogP contribution in [0, 0.1) is 0 Å². The molecule has 1 aliphatic rings. The Balaban J connectivity index is 1.09. The molecule has 48 heavy (non-hydrogen) atoms. The number of rotatable bonds is 4. The fourth-order valence-electron chi connectivity index (χ4n) is 7.47. The second-order valence-corrected chi connectivity index (χ2v) is 14.5. The monoisotopic (exact) mass is 648 g/mol. The van der Waals surface area contributed by atoms with E-state index in [1.165, 1.54) is 51.1 Å². The first-order valence-corrected chi connectivity index (χ1v) is 17.7. The average Bonchev–Trinajstić information content (AvgIpc) is 3.89. The topological polar surface area (TPSA) is 29.3 Å². The van der Waals surface area contributed by atoms with Gasteiger partial charge >= 0.3 is 0 Å². The van der Waals surface area contributed by atoms with Crippen LogP contribution in [0.25, 0.3) is 85.2 Å². The van der Waals surface area contributed by atoms with Gasteiger partial charge in [-0.05, 0) is 60.0 Å². The molecule has 224 valence electrons. The van der Waals surface area contributed by atoms with Crippen LogP contribution in [0.3, 0.4) is 0 Å². The zero-order valence-electron chi connectivity index (χ0n) is 25.5. The van der Waals surface area contributed by atoms with E-state index < -0.39 is 0 Å². The molecule has 0 radical (unpaired) electrons. The Labute approximate surface area is 283 Å². The SMILES string of the molecule is c1cc(-c2nc3c(o2)-c2cccc4cccc-3c24)cc(N(c2ccc3c(c2)sc2ccccc23)c2ccc3c(c2)sc2ccccc23)c1. The van der Waals surface area contributed by atoms with E-state index in [0.29, 0.717) is 5.89 Å². The van der Waals surface area contributed by atoms with Gasteiger partial charge in [0.1, 0.15) is 5.69 Å². The van der Waals surface area contributed by atoms with Gasteiger partial charge in [-0.1, -0.05) is 91.0 Å². The Morgan fingerprint density at radius 1 is 0.479 bits per heavy atom. The van der Waals surface area contributed by atoms with Crippen LogP contribution in [-0.4, -0.2) is 4.98 Å². The summed E-state index contributed by atoms with van der Waals surface area (Å²) < 4.78 is 11.7. The smallest absolute Gasteiger partial charge is 0.227 e. The number of nitrogens with zero attached hydrogens (tertiary/aromatic N) is 2. The maximum absolute atomic E-state index is 6.59. The zero-order chi connectivity index (χ0) is 31.3. The van der Waals surface area contributed by atoms with Gasteiger partial charge in [0.25, 0.3) is 0 Å². The third-order valence-electron chi connectivity index (χ3n) is 9.62. The van der Waals surface area contributed by atoms with Gasteiger partial charge < -0.3 is 9.32 Å². The van der Waals surface area contributed by atoms with E-state index >= 15 is 0 Å². The summed E-state index contributed by atoms with van der Waals surface area (Å²) >= 11 is 3.69. The molecule has 0 saturated heterocycles. The lowest BCUT2D eigenvalue weighted by Gasteiger charge is -2.26. The molecule has 0 aliphatic heterocycles. The lowest BCUT2D eigenvalue weighted by molar-refractivity contribution is 0.590. The standard InChI is InChI=1S/C43H24N2OS2/c1-3-16-36-30(12-1)32-20-18-28(23-38(32)47-36)45(29-19-21-33-31-13-2-4-17-37(31)48-39(33)24-29)27-11-5-10-26(22-27)43-44-41-34-14-6-8-25-9-7-15-35(40(25)34)42(41)46-43/h1-24H. The van der Waals surface area contributed by atoms with Crippen LogP contribution in [0.2, 0.25) is 0 Å². The quantitative estimate of drug-likeness (QED) is 0.190. The molecule has 0 bridgehead atoms. The summed E-state index contributed by atoms with van der Waals surface area (Å²) in [4.78, 5) is 7.46. The maximum atomic E-state index is 6.59. The van der Waals surface area contributed by atoms with Gasteiger partial charge in [0.2, 0.25) is 5.89 Å². The van der Waals surface area contributed by atoms with Crippen LogP contribution < -0.4 is 4.90 Å². The molecule has 1 aliphatic carbocycles. The molecule has 0 amide bonds. The summed E-state index contributed by atoms with van der Waals surface area (Å²) in [5, 5.41) is 7.62. The second-order valence-electron chi connectivity index (χ2n) is 12.3. The molecule has 0 unspecified atom stereocenters. The van der Waals surface area contributed by atoms with E-state index in [1.54, 1.807) is 0 Å². The molecule has 3 nitrogen and oxygen atoms in total. The Morgan fingerprint density at radius 3 is 1.75 bits per heavy atom. The summed E-state index contributed by atoms with van der Waals surface area (Å²) in [6, 6.07) is 52.4. The van der Waals surface area contributed by atoms with Gasteiger partial charge in [-0.25, -0.2) is 4.98 Å².